The predicted molar refractivity (Wildman–Crippen MR) is 131 cm³/mol. The van der Waals surface area contributed by atoms with Gasteiger partial charge in [-0.1, -0.05) is 6.07 Å². The molecule has 3 heterocycles. The Morgan fingerprint density at radius 2 is 1.82 bits per heavy atom. The maximum absolute atomic E-state index is 12.4. The number of piperazine rings is 1. The summed E-state index contributed by atoms with van der Waals surface area (Å²) in [7, 11) is 0. The quantitative estimate of drug-likeness (QED) is 0.418. The van der Waals surface area contributed by atoms with Gasteiger partial charge in [0.1, 0.15) is 10.7 Å². The normalized spacial score (nSPS) is 14.8. The van der Waals surface area contributed by atoms with Crippen molar-refractivity contribution in [3.8, 4) is 10.7 Å². The highest BCUT2D eigenvalue weighted by atomic mass is 32.1. The third-order valence-corrected chi connectivity index (χ3v) is 6.26. The van der Waals surface area contributed by atoms with Crippen molar-refractivity contribution in [2.75, 3.05) is 56.5 Å². The number of nitrogens with zero attached hydrogens (tertiary/aromatic N) is 5. The number of carbonyl (C=O) groups is 1. The molecule has 0 radical (unpaired) electrons. The smallest absolute Gasteiger partial charge is 0.227 e. The first kappa shape index (κ1) is 23.2. The van der Waals surface area contributed by atoms with Crippen molar-refractivity contribution in [2.45, 2.75) is 12.8 Å². The van der Waals surface area contributed by atoms with Crippen LogP contribution in [-0.4, -0.2) is 81.6 Å². The van der Waals surface area contributed by atoms with E-state index in [2.05, 4.69) is 35.4 Å². The van der Waals surface area contributed by atoms with Gasteiger partial charge in [-0.2, -0.15) is 0 Å². The highest BCUT2D eigenvalue weighted by Gasteiger charge is 2.16. The molecule has 10 heteroatoms. The number of aromatic nitrogens is 3. The first-order valence-electron chi connectivity index (χ1n) is 11.1. The molecule has 0 unspecified atom stereocenters. The number of hydrogen-bond donors (Lipinski definition) is 3. The van der Waals surface area contributed by atoms with E-state index in [1.807, 2.05) is 35.7 Å². The number of thiazole rings is 1. The van der Waals surface area contributed by atoms with E-state index in [1.54, 1.807) is 12.4 Å². The van der Waals surface area contributed by atoms with Crippen molar-refractivity contribution < 1.29 is 9.90 Å². The van der Waals surface area contributed by atoms with Gasteiger partial charge < -0.3 is 20.6 Å². The second-order valence-corrected chi connectivity index (χ2v) is 8.76. The van der Waals surface area contributed by atoms with E-state index in [9.17, 15) is 4.79 Å². The monoisotopic (exact) mass is 467 g/mol. The number of aliphatic hydroxyl groups is 1. The van der Waals surface area contributed by atoms with Gasteiger partial charge in [0.25, 0.3) is 0 Å². The second kappa shape index (κ2) is 11.8. The number of aliphatic hydroxyl groups excluding tert-OH is 1. The minimum atomic E-state index is 0.00748. The summed E-state index contributed by atoms with van der Waals surface area (Å²) in [6.07, 6.45) is 4.75. The Morgan fingerprint density at radius 1 is 1.03 bits per heavy atom. The summed E-state index contributed by atoms with van der Waals surface area (Å²) in [5.41, 5.74) is 2.30. The molecule has 0 bridgehead atoms. The molecule has 4 rings (SSSR count). The summed E-state index contributed by atoms with van der Waals surface area (Å²) in [4.78, 5) is 30.2. The van der Waals surface area contributed by atoms with Crippen molar-refractivity contribution in [3.05, 3.63) is 48.1 Å². The van der Waals surface area contributed by atoms with Crippen LogP contribution in [0.5, 0.6) is 0 Å². The molecule has 0 spiro atoms. The number of β-amino-alcohol motifs (C(OH)–C–C–N with tert-alkyl or cyclic N) is 1. The zero-order valence-corrected chi connectivity index (χ0v) is 19.3. The van der Waals surface area contributed by atoms with Gasteiger partial charge in [0, 0.05) is 68.3 Å². The van der Waals surface area contributed by atoms with Crippen LogP contribution in [0.15, 0.2) is 48.1 Å². The Kier molecular flexibility index (Phi) is 8.31. The SMILES string of the molecule is O=C(CCCN1CCN(CCO)CC1)Nc1cccc(Nc2nccc(-c3nccs3)n2)c1. The summed E-state index contributed by atoms with van der Waals surface area (Å²) in [6.45, 7) is 5.79. The molecule has 1 amide bonds. The molecule has 1 saturated heterocycles. The molecular formula is C23H29N7O2S. The van der Waals surface area contributed by atoms with E-state index >= 15 is 0 Å². The molecule has 1 fully saturated rings. The molecule has 3 aromatic rings. The lowest BCUT2D eigenvalue weighted by Gasteiger charge is -2.34. The lowest BCUT2D eigenvalue weighted by Crippen LogP contribution is -2.47. The zero-order chi connectivity index (χ0) is 22.9. The van der Waals surface area contributed by atoms with E-state index in [0.29, 0.717) is 12.4 Å². The molecule has 3 N–H and O–H groups in total. The summed E-state index contributed by atoms with van der Waals surface area (Å²) < 4.78 is 0. The topological polar surface area (TPSA) is 107 Å². The van der Waals surface area contributed by atoms with Crippen LogP contribution >= 0.6 is 11.3 Å². The van der Waals surface area contributed by atoms with Crippen LogP contribution in [0, 0.1) is 0 Å². The first-order valence-corrected chi connectivity index (χ1v) is 12.0. The molecule has 0 saturated carbocycles. The molecule has 9 nitrogen and oxygen atoms in total. The van der Waals surface area contributed by atoms with Crippen LogP contribution in [0.1, 0.15) is 12.8 Å². The van der Waals surface area contributed by atoms with Gasteiger partial charge in [0.15, 0.2) is 0 Å². The Balaban J connectivity index is 1.24. The van der Waals surface area contributed by atoms with Crippen molar-refractivity contribution in [3.63, 3.8) is 0 Å². The minimum absolute atomic E-state index is 0.00748. The Morgan fingerprint density at radius 3 is 2.58 bits per heavy atom. The highest BCUT2D eigenvalue weighted by Crippen LogP contribution is 2.22. The molecule has 174 valence electrons. The average molecular weight is 468 g/mol. The van der Waals surface area contributed by atoms with Crippen LogP contribution in [0.4, 0.5) is 17.3 Å². The Hall–Kier alpha value is -2.92. The Labute approximate surface area is 197 Å². The van der Waals surface area contributed by atoms with Gasteiger partial charge in [0.05, 0.1) is 6.61 Å². The molecular weight excluding hydrogens is 438 g/mol. The summed E-state index contributed by atoms with van der Waals surface area (Å²) in [6, 6.07) is 9.36. The van der Waals surface area contributed by atoms with Crippen LogP contribution in [0.2, 0.25) is 0 Å². The number of carbonyl (C=O) groups excluding carboxylic acids is 1. The van der Waals surface area contributed by atoms with Gasteiger partial charge in [-0.3, -0.25) is 9.69 Å². The lowest BCUT2D eigenvalue weighted by atomic mass is 10.2. The van der Waals surface area contributed by atoms with Gasteiger partial charge >= 0.3 is 0 Å². The van der Waals surface area contributed by atoms with E-state index < -0.39 is 0 Å². The van der Waals surface area contributed by atoms with Crippen LogP contribution in [0.3, 0.4) is 0 Å². The predicted octanol–water partition coefficient (Wildman–Crippen LogP) is 2.67. The highest BCUT2D eigenvalue weighted by molar-refractivity contribution is 7.13. The van der Waals surface area contributed by atoms with Crippen LogP contribution in [0.25, 0.3) is 10.7 Å². The van der Waals surface area contributed by atoms with E-state index in [1.165, 1.54) is 11.3 Å². The molecule has 0 aliphatic carbocycles. The van der Waals surface area contributed by atoms with Gasteiger partial charge in [0.2, 0.25) is 11.9 Å². The van der Waals surface area contributed by atoms with Crippen molar-refractivity contribution >= 4 is 34.6 Å². The number of hydrogen-bond acceptors (Lipinski definition) is 9. The van der Waals surface area contributed by atoms with Gasteiger partial charge in [-0.15, -0.1) is 11.3 Å². The number of rotatable bonds is 10. The maximum Gasteiger partial charge on any atom is 0.227 e. The van der Waals surface area contributed by atoms with E-state index in [-0.39, 0.29) is 12.5 Å². The van der Waals surface area contributed by atoms with Crippen LogP contribution in [-0.2, 0) is 4.79 Å². The van der Waals surface area contributed by atoms with E-state index in [4.69, 9.17) is 5.11 Å². The van der Waals surface area contributed by atoms with Crippen LogP contribution < -0.4 is 10.6 Å². The summed E-state index contributed by atoms with van der Waals surface area (Å²) >= 11 is 1.53. The second-order valence-electron chi connectivity index (χ2n) is 7.87. The average Bonchev–Trinajstić information content (AvgIpc) is 3.36. The molecule has 1 aliphatic rings. The fraction of sp³-hybridized carbons (Fsp3) is 0.391. The number of nitrogens with one attached hydrogen (secondary N) is 2. The van der Waals surface area contributed by atoms with Gasteiger partial charge in [-0.25, -0.2) is 15.0 Å². The Bertz CT molecular complexity index is 1020. The standard InChI is InChI=1S/C23H29N7O2S/c31-15-14-30-12-10-29(11-13-30)9-2-5-21(32)26-18-3-1-4-19(17-18)27-23-25-7-6-20(28-23)22-24-8-16-33-22/h1,3-4,6-8,16-17,31H,2,5,9-15H2,(H,26,32)(H,25,27,28). The largest absolute Gasteiger partial charge is 0.395 e. The fourth-order valence-electron chi connectivity index (χ4n) is 3.76. The molecule has 0 atom stereocenters. The number of anilines is 3. The zero-order valence-electron chi connectivity index (χ0n) is 18.5. The third kappa shape index (κ3) is 7.03. The van der Waals surface area contributed by atoms with Crippen molar-refractivity contribution in [1.82, 2.24) is 24.8 Å². The molecule has 2 aromatic heterocycles. The van der Waals surface area contributed by atoms with E-state index in [0.717, 1.165) is 67.8 Å². The summed E-state index contributed by atoms with van der Waals surface area (Å²) in [5, 5.41) is 18.0. The number of benzene rings is 1. The maximum atomic E-state index is 12.4. The summed E-state index contributed by atoms with van der Waals surface area (Å²) in [5.74, 6) is 0.485. The number of amides is 1. The molecule has 1 aromatic carbocycles. The third-order valence-electron chi connectivity index (χ3n) is 5.47. The lowest BCUT2D eigenvalue weighted by molar-refractivity contribution is -0.116. The van der Waals surface area contributed by atoms with Crippen molar-refractivity contribution in [2.24, 2.45) is 0 Å². The molecule has 1 aliphatic heterocycles. The first-order chi connectivity index (χ1) is 16.2. The van der Waals surface area contributed by atoms with Gasteiger partial charge in [-0.05, 0) is 37.2 Å². The van der Waals surface area contributed by atoms with Crippen molar-refractivity contribution in [1.29, 1.82) is 0 Å². The molecule has 33 heavy (non-hydrogen) atoms. The fourth-order valence-corrected chi connectivity index (χ4v) is 4.36. The minimum Gasteiger partial charge on any atom is -0.395 e.